The molecule has 0 aliphatic carbocycles. The summed E-state index contributed by atoms with van der Waals surface area (Å²) in [5.74, 6) is -5.47. The van der Waals surface area contributed by atoms with Gasteiger partial charge in [0.15, 0.2) is 0 Å². The smallest absolute Gasteiger partial charge is 0.377 e. The maximum absolute atomic E-state index is 11.6. The van der Waals surface area contributed by atoms with E-state index < -0.39 is 23.5 Å². The fraction of sp³-hybridized carbons (Fsp3) is 0. The van der Waals surface area contributed by atoms with Crippen LogP contribution in [-0.2, 0) is 9.59 Å². The highest BCUT2D eigenvalue weighted by Gasteiger charge is 2.21. The first-order valence-corrected chi connectivity index (χ1v) is 5.50. The molecular formula is C14H8O6. The van der Waals surface area contributed by atoms with Gasteiger partial charge in [-0.05, 0) is 10.8 Å². The Morgan fingerprint density at radius 2 is 1.00 bits per heavy atom. The molecule has 2 rings (SSSR count). The summed E-state index contributed by atoms with van der Waals surface area (Å²) in [6, 6.07) is 8.35. The van der Waals surface area contributed by atoms with E-state index in [2.05, 4.69) is 0 Å². The third-order valence-corrected chi connectivity index (χ3v) is 2.80. The van der Waals surface area contributed by atoms with Crippen LogP contribution in [0.15, 0.2) is 36.4 Å². The fourth-order valence-electron chi connectivity index (χ4n) is 1.94. The molecule has 0 aliphatic rings. The lowest BCUT2D eigenvalue weighted by molar-refractivity contribution is -0.132. The van der Waals surface area contributed by atoms with Crippen molar-refractivity contribution in [2.24, 2.45) is 0 Å². The number of benzene rings is 2. The molecule has 0 aliphatic heterocycles. The second-order valence-electron chi connectivity index (χ2n) is 3.97. The van der Waals surface area contributed by atoms with E-state index in [0.717, 1.165) is 0 Å². The second-order valence-corrected chi connectivity index (χ2v) is 3.97. The molecule has 2 N–H and O–H groups in total. The standard InChI is InChI=1S/C14H8O6/c15-11(13(17)18)9-5-1-3-7-8(9)4-2-6-10(7)12(16)14(19)20/h1-6H,(H,17,18)(H,19,20). The van der Waals surface area contributed by atoms with Crippen LogP contribution in [0.5, 0.6) is 0 Å². The van der Waals surface area contributed by atoms with Crippen molar-refractivity contribution in [3.05, 3.63) is 47.5 Å². The van der Waals surface area contributed by atoms with Gasteiger partial charge in [-0.3, -0.25) is 9.59 Å². The lowest BCUT2D eigenvalue weighted by Gasteiger charge is -2.06. The highest BCUT2D eigenvalue weighted by Crippen LogP contribution is 2.23. The molecule has 0 bridgehead atoms. The largest absolute Gasteiger partial charge is 0.475 e. The molecule has 0 saturated heterocycles. The van der Waals surface area contributed by atoms with Crippen LogP contribution in [0.1, 0.15) is 20.7 Å². The summed E-state index contributed by atoms with van der Waals surface area (Å²) in [6.45, 7) is 0. The normalized spacial score (nSPS) is 10.2. The Hall–Kier alpha value is -3.02. The molecule has 2 aromatic rings. The van der Waals surface area contributed by atoms with Gasteiger partial charge in [0.05, 0.1) is 0 Å². The van der Waals surface area contributed by atoms with Crippen molar-refractivity contribution < 1.29 is 29.4 Å². The van der Waals surface area contributed by atoms with Crippen LogP contribution in [0.25, 0.3) is 10.8 Å². The van der Waals surface area contributed by atoms with E-state index in [1.807, 2.05) is 0 Å². The van der Waals surface area contributed by atoms with Gasteiger partial charge in [-0.1, -0.05) is 36.4 Å². The van der Waals surface area contributed by atoms with E-state index in [0.29, 0.717) is 0 Å². The molecule has 0 amide bonds. The number of hydrogen-bond donors (Lipinski definition) is 2. The highest BCUT2D eigenvalue weighted by atomic mass is 16.4. The van der Waals surface area contributed by atoms with Crippen LogP contribution >= 0.6 is 0 Å². The number of rotatable bonds is 4. The van der Waals surface area contributed by atoms with E-state index in [4.69, 9.17) is 10.2 Å². The van der Waals surface area contributed by atoms with Crippen molar-refractivity contribution in [1.29, 1.82) is 0 Å². The minimum atomic E-state index is -1.62. The molecule has 6 nitrogen and oxygen atoms in total. The second kappa shape index (κ2) is 4.93. The van der Waals surface area contributed by atoms with Crippen LogP contribution in [0.2, 0.25) is 0 Å². The number of hydrogen-bond acceptors (Lipinski definition) is 4. The molecule has 0 aromatic heterocycles. The first-order valence-electron chi connectivity index (χ1n) is 5.50. The summed E-state index contributed by atoms with van der Waals surface area (Å²) < 4.78 is 0. The van der Waals surface area contributed by atoms with Crippen LogP contribution in [0.3, 0.4) is 0 Å². The number of carbonyl (C=O) groups is 4. The minimum Gasteiger partial charge on any atom is -0.475 e. The highest BCUT2D eigenvalue weighted by molar-refractivity contribution is 6.44. The number of carboxylic acids is 2. The Morgan fingerprint density at radius 1 is 0.650 bits per heavy atom. The van der Waals surface area contributed by atoms with Gasteiger partial charge >= 0.3 is 11.9 Å². The van der Waals surface area contributed by atoms with Gasteiger partial charge in [0.2, 0.25) is 0 Å². The van der Waals surface area contributed by atoms with Crippen LogP contribution in [0, 0.1) is 0 Å². The van der Waals surface area contributed by atoms with E-state index in [-0.39, 0.29) is 21.9 Å². The number of ketones is 2. The van der Waals surface area contributed by atoms with Crippen molar-refractivity contribution >= 4 is 34.3 Å². The lowest BCUT2D eigenvalue weighted by atomic mass is 9.96. The van der Waals surface area contributed by atoms with E-state index >= 15 is 0 Å². The number of carbonyl (C=O) groups excluding carboxylic acids is 2. The molecule has 2 aromatic carbocycles. The zero-order valence-electron chi connectivity index (χ0n) is 9.99. The molecule has 0 unspecified atom stereocenters. The van der Waals surface area contributed by atoms with E-state index in [1.54, 1.807) is 0 Å². The molecule has 0 heterocycles. The molecular weight excluding hydrogens is 264 g/mol. The van der Waals surface area contributed by atoms with E-state index in [9.17, 15) is 19.2 Å². The molecule has 0 radical (unpaired) electrons. The molecule has 0 atom stereocenters. The molecule has 20 heavy (non-hydrogen) atoms. The van der Waals surface area contributed by atoms with Gasteiger partial charge in [-0.15, -0.1) is 0 Å². The van der Waals surface area contributed by atoms with Crippen molar-refractivity contribution in [2.75, 3.05) is 0 Å². The maximum Gasteiger partial charge on any atom is 0.377 e. The lowest BCUT2D eigenvalue weighted by Crippen LogP contribution is -2.15. The van der Waals surface area contributed by atoms with Crippen LogP contribution < -0.4 is 0 Å². The number of Topliss-reactive ketones (excluding diaryl/α,β-unsaturated/α-hetero) is 2. The van der Waals surface area contributed by atoms with Crippen LogP contribution in [-0.4, -0.2) is 33.7 Å². The SMILES string of the molecule is O=C(O)C(=O)c1cccc2c(C(=O)C(=O)O)cccc12. The van der Waals surface area contributed by atoms with Gasteiger partial charge in [0, 0.05) is 11.1 Å². The first-order chi connectivity index (χ1) is 9.43. The third kappa shape index (κ3) is 2.14. The topological polar surface area (TPSA) is 109 Å². The van der Waals surface area contributed by atoms with Crippen molar-refractivity contribution in [3.63, 3.8) is 0 Å². The number of fused-ring (bicyclic) bond motifs is 1. The molecule has 6 heteroatoms. The molecule has 0 fully saturated rings. The number of carboxylic acid groups (broad SMARTS) is 2. The average molecular weight is 272 g/mol. The quantitative estimate of drug-likeness (QED) is 0.642. The van der Waals surface area contributed by atoms with Crippen molar-refractivity contribution in [1.82, 2.24) is 0 Å². The fourth-order valence-corrected chi connectivity index (χ4v) is 1.94. The van der Waals surface area contributed by atoms with Gasteiger partial charge in [0.25, 0.3) is 11.6 Å². The summed E-state index contributed by atoms with van der Waals surface area (Å²) in [4.78, 5) is 44.7. The Bertz CT molecular complexity index is 694. The molecule has 100 valence electrons. The maximum atomic E-state index is 11.6. The third-order valence-electron chi connectivity index (χ3n) is 2.80. The number of aliphatic carboxylic acids is 2. The van der Waals surface area contributed by atoms with Crippen LogP contribution in [0.4, 0.5) is 0 Å². The Morgan fingerprint density at radius 3 is 1.30 bits per heavy atom. The summed E-state index contributed by atoms with van der Waals surface area (Å²) in [5, 5.41) is 18.0. The zero-order chi connectivity index (χ0) is 14.9. The summed E-state index contributed by atoms with van der Waals surface area (Å²) >= 11 is 0. The monoisotopic (exact) mass is 272 g/mol. The Balaban J connectivity index is 2.76. The predicted molar refractivity (Wildman–Crippen MR) is 67.9 cm³/mol. The first kappa shape index (κ1) is 13.4. The zero-order valence-corrected chi connectivity index (χ0v) is 9.99. The van der Waals surface area contributed by atoms with Crippen molar-refractivity contribution in [3.8, 4) is 0 Å². The molecule has 0 spiro atoms. The van der Waals surface area contributed by atoms with Gasteiger partial charge in [0.1, 0.15) is 0 Å². The Labute approximate surface area is 112 Å². The van der Waals surface area contributed by atoms with Gasteiger partial charge in [-0.2, -0.15) is 0 Å². The van der Waals surface area contributed by atoms with Crippen molar-refractivity contribution in [2.45, 2.75) is 0 Å². The summed E-state index contributed by atoms with van der Waals surface area (Å²) in [6.07, 6.45) is 0. The Kier molecular flexibility index (Phi) is 3.30. The van der Waals surface area contributed by atoms with E-state index in [1.165, 1.54) is 36.4 Å². The minimum absolute atomic E-state index is 0.0879. The van der Waals surface area contributed by atoms with Gasteiger partial charge < -0.3 is 10.2 Å². The summed E-state index contributed by atoms with van der Waals surface area (Å²) in [7, 11) is 0. The summed E-state index contributed by atoms with van der Waals surface area (Å²) in [5.41, 5.74) is -0.176. The van der Waals surface area contributed by atoms with Gasteiger partial charge in [-0.25, -0.2) is 9.59 Å². The predicted octanol–water partition coefficient (Wildman–Crippen LogP) is 1.37. The molecule has 0 saturated carbocycles. The average Bonchev–Trinajstić information content (AvgIpc) is 2.44.